The van der Waals surface area contributed by atoms with Crippen LogP contribution in [0.3, 0.4) is 0 Å². The van der Waals surface area contributed by atoms with Crippen molar-refractivity contribution in [2.75, 3.05) is 32.7 Å². The Labute approximate surface area is 165 Å². The number of aromatic hydroxyl groups is 1. The fourth-order valence-electron chi connectivity index (χ4n) is 5.29. The Bertz CT molecular complexity index is 765. The Morgan fingerprint density at radius 3 is 2.54 bits per heavy atom. The quantitative estimate of drug-likeness (QED) is 0.722. The van der Waals surface area contributed by atoms with Gasteiger partial charge in [-0.15, -0.1) is 0 Å². The third kappa shape index (κ3) is 3.32. The van der Waals surface area contributed by atoms with Crippen molar-refractivity contribution in [2.45, 2.75) is 38.7 Å². The molecule has 7 nitrogen and oxygen atoms in total. The first kappa shape index (κ1) is 19.1. The number of rotatable bonds is 2. The molecular formula is C21H29N3O4. The van der Waals surface area contributed by atoms with Gasteiger partial charge in [-0.2, -0.15) is 0 Å². The van der Waals surface area contributed by atoms with E-state index in [2.05, 4.69) is 10.6 Å². The molecule has 0 radical (unpaired) electrons. The van der Waals surface area contributed by atoms with Gasteiger partial charge in [-0.1, -0.05) is 0 Å². The summed E-state index contributed by atoms with van der Waals surface area (Å²) < 4.78 is 5.75. The molecule has 152 valence electrons. The first-order valence-corrected chi connectivity index (χ1v) is 10.2. The fourth-order valence-corrected chi connectivity index (χ4v) is 5.29. The van der Waals surface area contributed by atoms with E-state index in [9.17, 15) is 14.7 Å². The highest BCUT2D eigenvalue weighted by molar-refractivity contribution is 5.97. The fraction of sp³-hybridized carbons (Fsp3) is 0.619. The molecule has 0 bridgehead atoms. The van der Waals surface area contributed by atoms with Crippen LogP contribution < -0.4 is 10.6 Å². The van der Waals surface area contributed by atoms with Crippen LogP contribution in [0.1, 0.15) is 40.7 Å². The number of carbonyl (C=O) groups is 2. The van der Waals surface area contributed by atoms with Gasteiger partial charge >= 0.3 is 6.09 Å². The predicted molar refractivity (Wildman–Crippen MR) is 104 cm³/mol. The first-order chi connectivity index (χ1) is 13.4. The van der Waals surface area contributed by atoms with Gasteiger partial charge in [-0.3, -0.25) is 4.79 Å². The van der Waals surface area contributed by atoms with Gasteiger partial charge in [0.15, 0.2) is 0 Å². The molecule has 3 aliphatic rings. The summed E-state index contributed by atoms with van der Waals surface area (Å²) in [7, 11) is 0. The lowest BCUT2D eigenvalue weighted by Crippen LogP contribution is -2.56. The van der Waals surface area contributed by atoms with Gasteiger partial charge in [0.05, 0.1) is 6.54 Å². The van der Waals surface area contributed by atoms with Crippen LogP contribution in [0, 0.1) is 25.7 Å². The second-order valence-corrected chi connectivity index (χ2v) is 8.45. The van der Waals surface area contributed by atoms with Crippen molar-refractivity contribution in [3.8, 4) is 5.75 Å². The third-order valence-electron chi connectivity index (χ3n) is 6.72. The van der Waals surface area contributed by atoms with Crippen molar-refractivity contribution in [1.29, 1.82) is 0 Å². The molecule has 2 atom stereocenters. The molecule has 1 spiro atoms. The maximum atomic E-state index is 13.1. The molecular weight excluding hydrogens is 358 g/mol. The van der Waals surface area contributed by atoms with E-state index >= 15 is 0 Å². The van der Waals surface area contributed by atoms with Crippen LogP contribution >= 0.6 is 0 Å². The number of amides is 2. The van der Waals surface area contributed by atoms with Crippen LogP contribution in [0.15, 0.2) is 12.1 Å². The third-order valence-corrected chi connectivity index (χ3v) is 6.72. The molecule has 28 heavy (non-hydrogen) atoms. The van der Waals surface area contributed by atoms with E-state index in [0.29, 0.717) is 31.1 Å². The van der Waals surface area contributed by atoms with Gasteiger partial charge in [0.2, 0.25) is 0 Å². The summed E-state index contributed by atoms with van der Waals surface area (Å²) in [6.45, 7) is 7.45. The minimum atomic E-state index is -0.399. The smallest absolute Gasteiger partial charge is 0.407 e. The number of hydrogen-bond donors (Lipinski definition) is 3. The van der Waals surface area contributed by atoms with Crippen LogP contribution in [-0.2, 0) is 4.74 Å². The number of nitrogens with one attached hydrogen (secondary N) is 2. The van der Waals surface area contributed by atoms with Crippen molar-refractivity contribution >= 4 is 12.0 Å². The van der Waals surface area contributed by atoms with Crippen LogP contribution in [0.2, 0.25) is 0 Å². The Morgan fingerprint density at radius 2 is 1.93 bits per heavy atom. The molecule has 4 rings (SSSR count). The highest BCUT2D eigenvalue weighted by atomic mass is 16.6. The molecule has 3 N–H and O–H groups in total. The summed E-state index contributed by atoms with van der Waals surface area (Å²) >= 11 is 0. The number of phenols is 1. The molecule has 3 heterocycles. The number of nitrogens with zero attached hydrogens (tertiary/aromatic N) is 1. The second-order valence-electron chi connectivity index (χ2n) is 8.45. The van der Waals surface area contributed by atoms with E-state index in [1.54, 1.807) is 12.1 Å². The first-order valence-electron chi connectivity index (χ1n) is 10.2. The number of likely N-dealkylation sites (tertiary alicyclic amines) is 1. The SMILES string of the molecule is Cc1cc(O)cc(C)c1C(=O)N1CCC(C2CNCCC23CNC(=O)O3)CC1. The second kappa shape index (κ2) is 7.28. The zero-order valence-electron chi connectivity index (χ0n) is 16.6. The van der Waals surface area contributed by atoms with Crippen LogP contribution in [0.5, 0.6) is 5.75 Å². The Hall–Kier alpha value is -2.28. The molecule has 3 aliphatic heterocycles. The lowest BCUT2D eigenvalue weighted by Gasteiger charge is -2.46. The average Bonchev–Trinajstić information content (AvgIpc) is 3.02. The number of carbonyl (C=O) groups excluding carboxylic acids is 2. The zero-order chi connectivity index (χ0) is 19.9. The van der Waals surface area contributed by atoms with Crippen LogP contribution in [0.4, 0.5) is 4.79 Å². The number of ether oxygens (including phenoxy) is 1. The van der Waals surface area contributed by atoms with Crippen LogP contribution in [-0.4, -0.2) is 60.3 Å². The lowest BCUT2D eigenvalue weighted by molar-refractivity contribution is -0.0478. The summed E-state index contributed by atoms with van der Waals surface area (Å²) in [5, 5.41) is 16.0. The van der Waals surface area contributed by atoms with E-state index < -0.39 is 5.60 Å². The van der Waals surface area contributed by atoms with E-state index in [-0.39, 0.29) is 23.7 Å². The molecule has 2 unspecified atom stereocenters. The molecule has 3 saturated heterocycles. The van der Waals surface area contributed by atoms with E-state index in [1.807, 2.05) is 18.7 Å². The summed E-state index contributed by atoms with van der Waals surface area (Å²) in [5.74, 6) is 0.931. The van der Waals surface area contributed by atoms with E-state index in [1.165, 1.54) is 0 Å². The monoisotopic (exact) mass is 387 g/mol. The Morgan fingerprint density at radius 1 is 1.25 bits per heavy atom. The van der Waals surface area contributed by atoms with Crippen molar-refractivity contribution in [2.24, 2.45) is 11.8 Å². The molecule has 0 aliphatic carbocycles. The van der Waals surface area contributed by atoms with Crippen molar-refractivity contribution in [1.82, 2.24) is 15.5 Å². The van der Waals surface area contributed by atoms with E-state index in [4.69, 9.17) is 4.74 Å². The van der Waals surface area contributed by atoms with Gasteiger partial charge in [-0.05, 0) is 62.4 Å². The van der Waals surface area contributed by atoms with Gasteiger partial charge in [0, 0.05) is 37.5 Å². The van der Waals surface area contributed by atoms with Gasteiger partial charge in [-0.25, -0.2) is 4.79 Å². The maximum Gasteiger partial charge on any atom is 0.407 e. The van der Waals surface area contributed by atoms with Crippen molar-refractivity contribution in [3.05, 3.63) is 28.8 Å². The normalized spacial score (nSPS) is 28.3. The number of hydrogen-bond acceptors (Lipinski definition) is 5. The molecule has 0 aromatic heterocycles. The highest BCUT2D eigenvalue weighted by Gasteiger charge is 2.51. The molecule has 0 saturated carbocycles. The number of phenolic OH excluding ortho intramolecular Hbond substituents is 1. The summed E-state index contributed by atoms with van der Waals surface area (Å²) in [4.78, 5) is 26.7. The predicted octanol–water partition coefficient (Wildman–Crippen LogP) is 1.95. The average molecular weight is 387 g/mol. The minimum Gasteiger partial charge on any atom is -0.508 e. The zero-order valence-corrected chi connectivity index (χ0v) is 16.6. The maximum absolute atomic E-state index is 13.1. The number of piperidine rings is 2. The molecule has 7 heteroatoms. The topological polar surface area (TPSA) is 90.9 Å². The summed E-state index contributed by atoms with van der Waals surface area (Å²) in [5.41, 5.74) is 1.91. The molecule has 1 aromatic carbocycles. The number of benzene rings is 1. The number of aryl methyl sites for hydroxylation is 2. The highest BCUT2D eigenvalue weighted by Crippen LogP contribution is 2.40. The largest absolute Gasteiger partial charge is 0.508 e. The minimum absolute atomic E-state index is 0.0406. The Balaban J connectivity index is 1.45. The Kier molecular flexibility index (Phi) is 4.95. The van der Waals surface area contributed by atoms with Crippen LogP contribution in [0.25, 0.3) is 0 Å². The molecule has 2 amide bonds. The van der Waals surface area contributed by atoms with Crippen molar-refractivity contribution < 1.29 is 19.4 Å². The van der Waals surface area contributed by atoms with Gasteiger partial charge in [0.25, 0.3) is 5.91 Å². The molecule has 3 fully saturated rings. The van der Waals surface area contributed by atoms with Gasteiger partial charge in [0.1, 0.15) is 11.4 Å². The van der Waals surface area contributed by atoms with E-state index in [0.717, 1.165) is 43.5 Å². The summed E-state index contributed by atoms with van der Waals surface area (Å²) in [6.07, 6.45) is 2.35. The lowest BCUT2D eigenvalue weighted by atomic mass is 9.71. The summed E-state index contributed by atoms with van der Waals surface area (Å²) in [6, 6.07) is 3.29. The standard InChI is InChI=1S/C21H29N3O4/c1-13-9-16(25)10-14(2)18(13)19(26)24-7-3-15(4-8-24)17-11-22-6-5-21(17)12-23-20(27)28-21/h9-10,15,17,22,25H,3-8,11-12H2,1-2H3,(H,23,27). The van der Waals surface area contributed by atoms with Crippen molar-refractivity contribution in [3.63, 3.8) is 0 Å². The van der Waals surface area contributed by atoms with Gasteiger partial charge < -0.3 is 25.4 Å². The number of alkyl carbamates (subject to hydrolysis) is 1. The molecule has 1 aromatic rings.